The van der Waals surface area contributed by atoms with Gasteiger partial charge in [-0.25, -0.2) is 4.98 Å². The third kappa shape index (κ3) is 2.55. The number of para-hydroxylation sites is 1. The summed E-state index contributed by atoms with van der Waals surface area (Å²) in [5, 5.41) is 1.07. The van der Waals surface area contributed by atoms with Crippen LogP contribution in [0.5, 0.6) is 0 Å². The molecule has 1 aromatic carbocycles. The minimum atomic E-state index is 0.165. The summed E-state index contributed by atoms with van der Waals surface area (Å²) >= 11 is 1.71. The van der Waals surface area contributed by atoms with Crippen LogP contribution in [0.3, 0.4) is 0 Å². The fourth-order valence-electron chi connectivity index (χ4n) is 2.75. The summed E-state index contributed by atoms with van der Waals surface area (Å²) in [7, 11) is 0. The Labute approximate surface area is 122 Å². The second-order valence-corrected chi connectivity index (χ2v) is 6.22. The van der Waals surface area contributed by atoms with Crippen molar-refractivity contribution in [2.45, 2.75) is 31.7 Å². The number of carbonyl (C=O) groups excluding carboxylic acids is 1. The van der Waals surface area contributed by atoms with Gasteiger partial charge in [-0.05, 0) is 37.9 Å². The van der Waals surface area contributed by atoms with Gasteiger partial charge in [0.1, 0.15) is 5.01 Å². The zero-order valence-corrected chi connectivity index (χ0v) is 12.2. The highest BCUT2D eigenvalue weighted by Gasteiger charge is 2.31. The third-order valence-electron chi connectivity index (χ3n) is 3.76. The molecule has 1 amide bonds. The van der Waals surface area contributed by atoms with E-state index in [0.717, 1.165) is 36.3 Å². The number of thiazole rings is 1. The van der Waals surface area contributed by atoms with Crippen LogP contribution < -0.4 is 5.73 Å². The highest BCUT2D eigenvalue weighted by molar-refractivity contribution is 7.18. The van der Waals surface area contributed by atoms with Gasteiger partial charge in [0.2, 0.25) is 5.91 Å². The molecule has 2 heterocycles. The van der Waals surface area contributed by atoms with Crippen LogP contribution in [0.1, 0.15) is 36.7 Å². The molecule has 0 spiro atoms. The van der Waals surface area contributed by atoms with Gasteiger partial charge in [-0.3, -0.25) is 4.79 Å². The number of nitrogens with two attached hydrogens (primary N) is 1. The highest BCUT2D eigenvalue weighted by atomic mass is 32.1. The molecule has 2 aromatic rings. The minimum absolute atomic E-state index is 0.165. The van der Waals surface area contributed by atoms with E-state index in [9.17, 15) is 4.79 Å². The Bertz CT molecular complexity index is 577. The molecule has 1 saturated heterocycles. The molecular formula is C15H19N3OS. The molecule has 0 aliphatic carbocycles. The lowest BCUT2D eigenvalue weighted by molar-refractivity contribution is -0.132. The number of likely N-dealkylation sites (tertiary alicyclic amines) is 1. The number of benzene rings is 1. The molecule has 2 N–H and O–H groups in total. The van der Waals surface area contributed by atoms with Crippen LogP contribution in [0.15, 0.2) is 24.3 Å². The summed E-state index contributed by atoms with van der Waals surface area (Å²) in [6.45, 7) is 1.43. The molecule has 20 heavy (non-hydrogen) atoms. The number of amides is 1. The number of aromatic nitrogens is 1. The SMILES string of the molecule is NCCCC(=O)N1CCCC1c1nc2ccccc2s1. The van der Waals surface area contributed by atoms with Crippen molar-refractivity contribution in [3.63, 3.8) is 0 Å². The van der Waals surface area contributed by atoms with E-state index in [1.807, 2.05) is 23.1 Å². The van der Waals surface area contributed by atoms with Crippen LogP contribution in [0, 0.1) is 0 Å². The first kappa shape index (κ1) is 13.5. The van der Waals surface area contributed by atoms with E-state index < -0.39 is 0 Å². The summed E-state index contributed by atoms with van der Waals surface area (Å²) in [6, 6.07) is 8.32. The summed E-state index contributed by atoms with van der Waals surface area (Å²) in [6.07, 6.45) is 3.41. The Kier molecular flexibility index (Phi) is 3.98. The van der Waals surface area contributed by atoms with E-state index in [2.05, 4.69) is 6.07 Å². The van der Waals surface area contributed by atoms with Gasteiger partial charge in [0.25, 0.3) is 0 Å². The molecule has 0 radical (unpaired) electrons. The Balaban J connectivity index is 1.82. The number of rotatable bonds is 4. The van der Waals surface area contributed by atoms with Gasteiger partial charge in [-0.2, -0.15) is 0 Å². The largest absolute Gasteiger partial charge is 0.333 e. The van der Waals surface area contributed by atoms with Crippen molar-refractivity contribution in [1.29, 1.82) is 0 Å². The van der Waals surface area contributed by atoms with E-state index in [0.29, 0.717) is 13.0 Å². The standard InChI is InChI=1S/C15H19N3OS/c16-9-3-8-14(19)18-10-4-6-12(18)15-17-11-5-1-2-7-13(11)20-15/h1-2,5,7,12H,3-4,6,8-10,16H2. The van der Waals surface area contributed by atoms with Crippen molar-refractivity contribution >= 4 is 27.5 Å². The highest BCUT2D eigenvalue weighted by Crippen LogP contribution is 2.36. The van der Waals surface area contributed by atoms with Crippen LogP contribution in [-0.4, -0.2) is 28.9 Å². The maximum atomic E-state index is 12.3. The summed E-state index contributed by atoms with van der Waals surface area (Å²) in [4.78, 5) is 19.0. The zero-order chi connectivity index (χ0) is 13.9. The molecule has 1 aliphatic rings. The van der Waals surface area contributed by atoms with Gasteiger partial charge in [0, 0.05) is 13.0 Å². The van der Waals surface area contributed by atoms with Crippen LogP contribution >= 0.6 is 11.3 Å². The Morgan fingerprint density at radius 3 is 3.10 bits per heavy atom. The summed E-state index contributed by atoms with van der Waals surface area (Å²) in [5.41, 5.74) is 6.53. The van der Waals surface area contributed by atoms with E-state index in [1.165, 1.54) is 4.70 Å². The predicted molar refractivity (Wildman–Crippen MR) is 81.6 cm³/mol. The second-order valence-electron chi connectivity index (χ2n) is 5.16. The van der Waals surface area contributed by atoms with Crippen LogP contribution in [0.2, 0.25) is 0 Å². The summed E-state index contributed by atoms with van der Waals surface area (Å²) in [5.74, 6) is 0.220. The minimum Gasteiger partial charge on any atom is -0.333 e. The fourth-order valence-corrected chi connectivity index (χ4v) is 3.87. The molecule has 5 heteroatoms. The van der Waals surface area contributed by atoms with E-state index >= 15 is 0 Å². The molecule has 1 aromatic heterocycles. The van der Waals surface area contributed by atoms with Crippen molar-refractivity contribution in [2.75, 3.05) is 13.1 Å². The van der Waals surface area contributed by atoms with Gasteiger partial charge < -0.3 is 10.6 Å². The van der Waals surface area contributed by atoms with Crippen LogP contribution in [-0.2, 0) is 4.79 Å². The molecule has 1 atom stereocenters. The number of hydrogen-bond acceptors (Lipinski definition) is 4. The smallest absolute Gasteiger partial charge is 0.223 e. The van der Waals surface area contributed by atoms with Crippen molar-refractivity contribution < 1.29 is 4.79 Å². The monoisotopic (exact) mass is 289 g/mol. The van der Waals surface area contributed by atoms with E-state index in [4.69, 9.17) is 10.7 Å². The van der Waals surface area contributed by atoms with E-state index in [1.54, 1.807) is 11.3 Å². The number of fused-ring (bicyclic) bond motifs is 1. The van der Waals surface area contributed by atoms with Crippen molar-refractivity contribution in [3.8, 4) is 0 Å². The van der Waals surface area contributed by atoms with Gasteiger partial charge in [-0.1, -0.05) is 12.1 Å². The number of hydrogen-bond donors (Lipinski definition) is 1. The van der Waals surface area contributed by atoms with Crippen molar-refractivity contribution in [1.82, 2.24) is 9.88 Å². The first-order chi connectivity index (χ1) is 9.79. The zero-order valence-electron chi connectivity index (χ0n) is 11.4. The lowest BCUT2D eigenvalue weighted by atomic mass is 10.2. The number of carbonyl (C=O) groups is 1. The molecule has 1 unspecified atom stereocenters. The molecule has 3 rings (SSSR count). The first-order valence-electron chi connectivity index (χ1n) is 7.14. The lowest BCUT2D eigenvalue weighted by Gasteiger charge is -2.23. The van der Waals surface area contributed by atoms with Crippen molar-refractivity contribution in [2.24, 2.45) is 5.73 Å². The molecular weight excluding hydrogens is 270 g/mol. The Morgan fingerprint density at radius 2 is 2.30 bits per heavy atom. The summed E-state index contributed by atoms with van der Waals surface area (Å²) < 4.78 is 1.20. The normalized spacial score (nSPS) is 18.9. The first-order valence-corrected chi connectivity index (χ1v) is 7.96. The predicted octanol–water partition coefficient (Wildman–Crippen LogP) is 2.70. The Morgan fingerprint density at radius 1 is 1.45 bits per heavy atom. The number of nitrogens with zero attached hydrogens (tertiary/aromatic N) is 2. The molecule has 4 nitrogen and oxygen atoms in total. The van der Waals surface area contributed by atoms with Crippen LogP contribution in [0.4, 0.5) is 0 Å². The average Bonchev–Trinajstić information content (AvgIpc) is 3.09. The molecule has 1 fully saturated rings. The average molecular weight is 289 g/mol. The van der Waals surface area contributed by atoms with Gasteiger partial charge in [-0.15, -0.1) is 11.3 Å². The molecule has 0 saturated carbocycles. The topological polar surface area (TPSA) is 59.2 Å². The van der Waals surface area contributed by atoms with Gasteiger partial charge in [0.15, 0.2) is 0 Å². The fraction of sp³-hybridized carbons (Fsp3) is 0.467. The second kappa shape index (κ2) is 5.89. The maximum Gasteiger partial charge on any atom is 0.223 e. The van der Waals surface area contributed by atoms with Crippen LogP contribution in [0.25, 0.3) is 10.2 Å². The Hall–Kier alpha value is -1.46. The molecule has 1 aliphatic heterocycles. The van der Waals surface area contributed by atoms with E-state index in [-0.39, 0.29) is 11.9 Å². The lowest BCUT2D eigenvalue weighted by Crippen LogP contribution is -2.30. The quantitative estimate of drug-likeness (QED) is 0.941. The maximum absolute atomic E-state index is 12.3. The van der Waals surface area contributed by atoms with Gasteiger partial charge in [0.05, 0.1) is 16.3 Å². The third-order valence-corrected chi connectivity index (χ3v) is 4.90. The van der Waals surface area contributed by atoms with Crippen molar-refractivity contribution in [3.05, 3.63) is 29.3 Å². The van der Waals surface area contributed by atoms with Gasteiger partial charge >= 0.3 is 0 Å². The molecule has 0 bridgehead atoms. The molecule has 106 valence electrons.